The molecule has 0 saturated carbocycles. The zero-order valence-electron chi connectivity index (χ0n) is 15.5. The van der Waals surface area contributed by atoms with Crippen molar-refractivity contribution in [1.29, 1.82) is 0 Å². The molecule has 1 aromatic rings. The molecule has 0 aliphatic carbocycles. The van der Waals surface area contributed by atoms with Gasteiger partial charge in [-0.05, 0) is 38.0 Å². The van der Waals surface area contributed by atoms with Crippen LogP contribution < -0.4 is 0 Å². The van der Waals surface area contributed by atoms with Gasteiger partial charge in [-0.2, -0.15) is 35.9 Å². The third kappa shape index (κ3) is 22.6. The van der Waals surface area contributed by atoms with Gasteiger partial charge in [-0.3, -0.25) is 0 Å². The summed E-state index contributed by atoms with van der Waals surface area (Å²) in [4.78, 5) is 0. The van der Waals surface area contributed by atoms with Crippen molar-refractivity contribution >= 4 is 29.5 Å². The summed E-state index contributed by atoms with van der Waals surface area (Å²) in [7, 11) is 14.9. The van der Waals surface area contributed by atoms with E-state index in [1.54, 1.807) is 20.8 Å². The number of benzene rings is 1. The van der Waals surface area contributed by atoms with Gasteiger partial charge >= 0.3 is 41.8 Å². The summed E-state index contributed by atoms with van der Waals surface area (Å²) >= 11 is -1.77. The second kappa shape index (κ2) is 11.3. The molecule has 23 heavy (non-hydrogen) atoms. The second-order valence-electron chi connectivity index (χ2n) is 8.27. The molecule has 0 unspecified atom stereocenters. The molecule has 0 bridgehead atoms. The van der Waals surface area contributed by atoms with E-state index in [0.717, 1.165) is 0 Å². The van der Waals surface area contributed by atoms with Crippen molar-refractivity contribution < 1.29 is 17.4 Å². The average molecular weight is 421 g/mol. The van der Waals surface area contributed by atoms with Gasteiger partial charge in [-0.1, -0.05) is 34.6 Å². The topological polar surface area (TPSA) is 20.2 Å². The Labute approximate surface area is 160 Å². The molecule has 0 atom stereocenters. The first-order chi connectivity index (χ1) is 10.0. The van der Waals surface area contributed by atoms with Crippen LogP contribution in [0.4, 0.5) is 0 Å². The first-order valence-corrected chi connectivity index (χ1v) is 13.3. The molecular formula is C18H31Cl3OV-. The van der Waals surface area contributed by atoms with Crippen LogP contribution in [0.3, 0.4) is 0 Å². The first kappa shape index (κ1) is 25.9. The minimum atomic E-state index is -1.77. The summed E-state index contributed by atoms with van der Waals surface area (Å²) < 4.78 is 0. The summed E-state index contributed by atoms with van der Waals surface area (Å²) in [6.07, 6.45) is 1.20. The van der Waals surface area contributed by atoms with E-state index < -0.39 is 17.9 Å². The second-order valence-corrected chi connectivity index (χ2v) is 15.2. The molecule has 0 heterocycles. The number of rotatable bonds is 2. The fourth-order valence-electron chi connectivity index (χ4n) is 2.27. The fraction of sp³-hybridized carbons (Fsp3) is 0.667. The molecule has 1 rings (SSSR count). The maximum absolute atomic E-state index is 8.52. The molecule has 0 radical (unpaired) electrons. The summed E-state index contributed by atoms with van der Waals surface area (Å²) in [6.45, 7) is 16.7. The molecule has 5 heteroatoms. The average Bonchev–Trinajstić information content (AvgIpc) is 2.23. The molecule has 0 aromatic heterocycles. The van der Waals surface area contributed by atoms with Crippen LogP contribution in [0, 0.1) is 11.5 Å². The SMILES string of the molecule is CC(C)(C)CC(C)(C)c1cc[c-]cc1.CC(C)(C)O.[Cl][V]([Cl])[Cl]. The molecule has 0 spiro atoms. The predicted octanol–water partition coefficient (Wildman–Crippen LogP) is 7.04. The Bertz CT molecular complexity index is 398. The molecular weight excluding hydrogens is 390 g/mol. The van der Waals surface area contributed by atoms with Crippen molar-refractivity contribution in [3.63, 3.8) is 0 Å². The van der Waals surface area contributed by atoms with E-state index in [0.29, 0.717) is 5.41 Å². The van der Waals surface area contributed by atoms with Gasteiger partial charge in [0, 0.05) is 0 Å². The Morgan fingerprint density at radius 1 is 0.913 bits per heavy atom. The van der Waals surface area contributed by atoms with Crippen molar-refractivity contribution in [3.05, 3.63) is 35.9 Å². The van der Waals surface area contributed by atoms with Crippen LogP contribution in [0.5, 0.6) is 0 Å². The Morgan fingerprint density at radius 2 is 1.22 bits per heavy atom. The van der Waals surface area contributed by atoms with E-state index in [1.807, 2.05) is 12.1 Å². The Balaban J connectivity index is 0. The molecule has 0 aliphatic rings. The molecule has 136 valence electrons. The summed E-state index contributed by atoms with van der Waals surface area (Å²) in [5.74, 6) is 0. The summed E-state index contributed by atoms with van der Waals surface area (Å²) in [5.41, 5.74) is 1.54. The van der Waals surface area contributed by atoms with E-state index in [9.17, 15) is 0 Å². The van der Waals surface area contributed by atoms with Gasteiger partial charge in [0.2, 0.25) is 0 Å². The molecule has 1 N–H and O–H groups in total. The summed E-state index contributed by atoms with van der Waals surface area (Å²) in [6, 6.07) is 11.4. The van der Waals surface area contributed by atoms with E-state index in [-0.39, 0.29) is 5.41 Å². The zero-order valence-corrected chi connectivity index (χ0v) is 19.2. The van der Waals surface area contributed by atoms with Crippen LogP contribution in [-0.2, 0) is 17.7 Å². The van der Waals surface area contributed by atoms with Crippen LogP contribution in [0.2, 0.25) is 0 Å². The molecule has 0 fully saturated rings. The van der Waals surface area contributed by atoms with E-state index in [2.05, 4.69) is 52.8 Å². The Hall–Kier alpha value is 0.634. The van der Waals surface area contributed by atoms with E-state index in [4.69, 9.17) is 34.7 Å². The molecule has 0 amide bonds. The van der Waals surface area contributed by atoms with E-state index >= 15 is 0 Å². The Kier molecular flexibility index (Phi) is 12.7. The van der Waals surface area contributed by atoms with Crippen molar-refractivity contribution in [2.45, 2.75) is 72.8 Å². The van der Waals surface area contributed by atoms with Crippen molar-refractivity contribution in [2.24, 2.45) is 5.41 Å². The number of hydrogen-bond donors (Lipinski definition) is 1. The van der Waals surface area contributed by atoms with Crippen molar-refractivity contribution in [2.75, 3.05) is 0 Å². The number of hydrogen-bond acceptors (Lipinski definition) is 1. The standard InChI is InChI=1S/C14H21.C4H10O.3ClH.V/c1-13(2,3)11-14(4,5)12-9-7-6-8-10-12;1-4(2,3)5;;;;/h7-10H,11H2,1-5H3;5H,1-3H3;3*1H;/q-1;;;;;+3/p-3. The third-order valence-electron chi connectivity index (χ3n) is 2.47. The molecule has 1 nitrogen and oxygen atoms in total. The normalized spacial score (nSPS) is 12.0. The van der Waals surface area contributed by atoms with Gasteiger partial charge in [-0.25, -0.2) is 0 Å². The van der Waals surface area contributed by atoms with Crippen LogP contribution in [0.25, 0.3) is 0 Å². The van der Waals surface area contributed by atoms with Gasteiger partial charge in [-0.15, -0.1) is 0 Å². The quantitative estimate of drug-likeness (QED) is 0.508. The Morgan fingerprint density at radius 3 is 1.48 bits per heavy atom. The van der Waals surface area contributed by atoms with Gasteiger partial charge in [0.25, 0.3) is 0 Å². The zero-order chi connectivity index (χ0) is 18.9. The molecule has 0 saturated heterocycles. The fourth-order valence-corrected chi connectivity index (χ4v) is 2.27. The van der Waals surface area contributed by atoms with Crippen molar-refractivity contribution in [1.82, 2.24) is 0 Å². The summed E-state index contributed by atoms with van der Waals surface area (Å²) in [5, 5.41) is 8.52. The third-order valence-corrected chi connectivity index (χ3v) is 2.47. The van der Waals surface area contributed by atoms with Crippen LogP contribution in [0.1, 0.15) is 67.4 Å². The molecule has 1 aromatic carbocycles. The van der Waals surface area contributed by atoms with Gasteiger partial charge in [0.15, 0.2) is 0 Å². The molecule has 0 aliphatic heterocycles. The van der Waals surface area contributed by atoms with Gasteiger partial charge in [0.1, 0.15) is 0 Å². The number of aliphatic hydroxyl groups is 1. The maximum atomic E-state index is 8.52. The van der Waals surface area contributed by atoms with Gasteiger partial charge in [0.05, 0.1) is 5.60 Å². The predicted molar refractivity (Wildman–Crippen MR) is 102 cm³/mol. The van der Waals surface area contributed by atoms with Crippen molar-refractivity contribution in [3.8, 4) is 0 Å². The van der Waals surface area contributed by atoms with E-state index in [1.165, 1.54) is 12.0 Å². The van der Waals surface area contributed by atoms with Gasteiger partial charge < -0.3 is 5.11 Å². The minimum absolute atomic E-state index is 0.257. The van der Waals surface area contributed by atoms with Crippen LogP contribution in [-0.4, -0.2) is 10.7 Å². The van der Waals surface area contributed by atoms with Crippen LogP contribution >= 0.6 is 29.5 Å². The number of halogens is 3. The monoisotopic (exact) mass is 419 g/mol. The van der Waals surface area contributed by atoms with Crippen LogP contribution in [0.15, 0.2) is 24.3 Å². The first-order valence-electron chi connectivity index (χ1n) is 7.51.